The molecule has 3 nitrogen and oxygen atoms in total. The van der Waals surface area contributed by atoms with Gasteiger partial charge >= 0.3 is 0 Å². The minimum absolute atomic E-state index is 0.225. The Balaban J connectivity index is 2.72. The molecule has 0 N–H and O–H groups in total. The Bertz CT molecular complexity index is 355. The molecule has 0 aliphatic heterocycles. The van der Waals surface area contributed by atoms with Crippen molar-refractivity contribution in [2.24, 2.45) is 5.92 Å². The van der Waals surface area contributed by atoms with Gasteiger partial charge in [-0.05, 0) is 25.8 Å². The van der Waals surface area contributed by atoms with Gasteiger partial charge in [0.05, 0.1) is 5.69 Å². The Kier molecular flexibility index (Phi) is 4.71. The highest BCUT2D eigenvalue weighted by Gasteiger charge is 2.15. The number of rotatable bonds is 6. The van der Waals surface area contributed by atoms with Crippen molar-refractivity contribution >= 4 is 5.78 Å². The van der Waals surface area contributed by atoms with Gasteiger partial charge in [-0.15, -0.1) is 0 Å². The molecule has 0 radical (unpaired) electrons. The molecule has 0 spiro atoms. The highest BCUT2D eigenvalue weighted by atomic mass is 16.1. The Hall–Kier alpha value is -1.12. The molecular weight excluding hydrogens is 200 g/mol. The van der Waals surface area contributed by atoms with Crippen LogP contribution in [-0.2, 0) is 6.54 Å². The standard InChI is InChI=1S/C13H22N2O/c1-5-7-10(3)8-13(16)12-9-11(4)14-15(12)6-2/h9-10H,5-8H2,1-4H3. The monoisotopic (exact) mass is 222 g/mol. The van der Waals surface area contributed by atoms with Crippen LogP contribution in [0.15, 0.2) is 6.07 Å². The Labute approximate surface area is 97.8 Å². The van der Waals surface area contributed by atoms with Gasteiger partial charge in [-0.2, -0.15) is 5.10 Å². The zero-order valence-corrected chi connectivity index (χ0v) is 10.8. The lowest BCUT2D eigenvalue weighted by Crippen LogP contribution is -2.12. The Morgan fingerprint density at radius 3 is 2.75 bits per heavy atom. The first-order valence-electron chi connectivity index (χ1n) is 6.16. The third kappa shape index (κ3) is 3.19. The number of nitrogens with zero attached hydrogens (tertiary/aromatic N) is 2. The van der Waals surface area contributed by atoms with Crippen molar-refractivity contribution in [2.45, 2.75) is 53.5 Å². The zero-order valence-electron chi connectivity index (χ0n) is 10.8. The lowest BCUT2D eigenvalue weighted by atomic mass is 9.98. The molecule has 0 amide bonds. The third-order valence-corrected chi connectivity index (χ3v) is 2.80. The summed E-state index contributed by atoms with van der Waals surface area (Å²) in [5.41, 5.74) is 1.69. The van der Waals surface area contributed by atoms with Crippen LogP contribution in [0.5, 0.6) is 0 Å². The van der Waals surface area contributed by atoms with Crippen LogP contribution in [0.1, 0.15) is 56.2 Å². The van der Waals surface area contributed by atoms with Crippen LogP contribution in [0.4, 0.5) is 0 Å². The number of carbonyl (C=O) groups is 1. The van der Waals surface area contributed by atoms with Gasteiger partial charge in [0.1, 0.15) is 5.69 Å². The molecular formula is C13H22N2O. The molecule has 16 heavy (non-hydrogen) atoms. The molecule has 90 valence electrons. The molecule has 1 heterocycles. The first-order chi connectivity index (χ1) is 7.58. The second-order valence-corrected chi connectivity index (χ2v) is 4.51. The van der Waals surface area contributed by atoms with E-state index in [4.69, 9.17) is 0 Å². The lowest BCUT2D eigenvalue weighted by molar-refractivity contribution is 0.0952. The first kappa shape index (κ1) is 12.9. The number of hydrogen-bond acceptors (Lipinski definition) is 2. The minimum Gasteiger partial charge on any atom is -0.292 e. The van der Waals surface area contributed by atoms with E-state index in [9.17, 15) is 4.79 Å². The van der Waals surface area contributed by atoms with Crippen molar-refractivity contribution in [1.82, 2.24) is 9.78 Å². The predicted molar refractivity (Wildman–Crippen MR) is 65.7 cm³/mol. The topological polar surface area (TPSA) is 34.9 Å². The van der Waals surface area contributed by atoms with E-state index in [1.54, 1.807) is 4.68 Å². The molecule has 0 saturated carbocycles. The Morgan fingerprint density at radius 2 is 2.19 bits per heavy atom. The van der Waals surface area contributed by atoms with Gasteiger partial charge in [-0.25, -0.2) is 0 Å². The maximum absolute atomic E-state index is 12.1. The van der Waals surface area contributed by atoms with Crippen molar-refractivity contribution in [2.75, 3.05) is 0 Å². The molecule has 0 bridgehead atoms. The van der Waals surface area contributed by atoms with E-state index in [0.717, 1.165) is 30.8 Å². The summed E-state index contributed by atoms with van der Waals surface area (Å²) >= 11 is 0. The van der Waals surface area contributed by atoms with Crippen LogP contribution in [0, 0.1) is 12.8 Å². The number of aryl methyl sites for hydroxylation is 2. The molecule has 0 aliphatic rings. The van der Waals surface area contributed by atoms with Gasteiger partial charge in [-0.1, -0.05) is 26.7 Å². The largest absolute Gasteiger partial charge is 0.292 e. The van der Waals surface area contributed by atoms with E-state index in [2.05, 4.69) is 18.9 Å². The van der Waals surface area contributed by atoms with E-state index >= 15 is 0 Å². The normalized spacial score (nSPS) is 12.8. The highest BCUT2D eigenvalue weighted by molar-refractivity contribution is 5.94. The maximum atomic E-state index is 12.1. The zero-order chi connectivity index (χ0) is 12.1. The number of aromatic nitrogens is 2. The lowest BCUT2D eigenvalue weighted by Gasteiger charge is -2.09. The summed E-state index contributed by atoms with van der Waals surface area (Å²) in [4.78, 5) is 12.1. The predicted octanol–water partition coefficient (Wildman–Crippen LogP) is 3.22. The Morgan fingerprint density at radius 1 is 1.50 bits per heavy atom. The van der Waals surface area contributed by atoms with E-state index < -0.39 is 0 Å². The number of carbonyl (C=O) groups excluding carboxylic acids is 1. The summed E-state index contributed by atoms with van der Waals surface area (Å²) in [6.45, 7) is 9.00. The fraction of sp³-hybridized carbons (Fsp3) is 0.692. The molecule has 0 saturated heterocycles. The van der Waals surface area contributed by atoms with Crippen LogP contribution >= 0.6 is 0 Å². The van der Waals surface area contributed by atoms with Gasteiger partial charge in [0.25, 0.3) is 0 Å². The van der Waals surface area contributed by atoms with Crippen LogP contribution in [0.25, 0.3) is 0 Å². The summed E-state index contributed by atoms with van der Waals surface area (Å²) in [5.74, 6) is 0.696. The van der Waals surface area contributed by atoms with Crippen LogP contribution in [-0.4, -0.2) is 15.6 Å². The summed E-state index contributed by atoms with van der Waals surface area (Å²) < 4.78 is 1.80. The minimum atomic E-state index is 0.225. The number of Topliss-reactive ketones (excluding diaryl/α,β-unsaturated/α-hetero) is 1. The molecule has 1 atom stereocenters. The maximum Gasteiger partial charge on any atom is 0.181 e. The fourth-order valence-electron chi connectivity index (χ4n) is 2.03. The van der Waals surface area contributed by atoms with Gasteiger partial charge in [0.15, 0.2) is 5.78 Å². The molecule has 0 aliphatic carbocycles. The van der Waals surface area contributed by atoms with E-state index in [0.29, 0.717) is 12.3 Å². The highest BCUT2D eigenvalue weighted by Crippen LogP contribution is 2.15. The summed E-state index contributed by atoms with van der Waals surface area (Å²) in [7, 11) is 0. The van der Waals surface area contributed by atoms with Gasteiger partial charge in [0.2, 0.25) is 0 Å². The number of hydrogen-bond donors (Lipinski definition) is 0. The summed E-state index contributed by atoms with van der Waals surface area (Å²) in [6, 6.07) is 1.89. The van der Waals surface area contributed by atoms with Gasteiger partial charge in [-0.3, -0.25) is 9.48 Å². The SMILES string of the molecule is CCCC(C)CC(=O)c1cc(C)nn1CC. The van der Waals surface area contributed by atoms with Gasteiger partial charge in [0, 0.05) is 13.0 Å². The molecule has 0 fully saturated rings. The number of ketones is 1. The van der Waals surface area contributed by atoms with Gasteiger partial charge < -0.3 is 0 Å². The molecule has 1 unspecified atom stereocenters. The van der Waals surface area contributed by atoms with Crippen LogP contribution in [0.2, 0.25) is 0 Å². The molecule has 1 aromatic rings. The second-order valence-electron chi connectivity index (χ2n) is 4.51. The van der Waals surface area contributed by atoms with E-state index in [-0.39, 0.29) is 5.78 Å². The van der Waals surface area contributed by atoms with Crippen molar-refractivity contribution in [3.63, 3.8) is 0 Å². The molecule has 1 rings (SSSR count). The average molecular weight is 222 g/mol. The smallest absolute Gasteiger partial charge is 0.181 e. The third-order valence-electron chi connectivity index (χ3n) is 2.80. The summed E-state index contributed by atoms with van der Waals surface area (Å²) in [6.07, 6.45) is 2.89. The second kappa shape index (κ2) is 5.83. The van der Waals surface area contributed by atoms with E-state index in [1.807, 2.05) is 19.9 Å². The van der Waals surface area contributed by atoms with Crippen molar-refractivity contribution in [3.05, 3.63) is 17.5 Å². The summed E-state index contributed by atoms with van der Waals surface area (Å²) in [5, 5.41) is 4.30. The van der Waals surface area contributed by atoms with Crippen molar-refractivity contribution in [1.29, 1.82) is 0 Å². The fourth-order valence-corrected chi connectivity index (χ4v) is 2.03. The van der Waals surface area contributed by atoms with Crippen LogP contribution < -0.4 is 0 Å². The van der Waals surface area contributed by atoms with Crippen molar-refractivity contribution in [3.8, 4) is 0 Å². The molecule has 3 heteroatoms. The van der Waals surface area contributed by atoms with E-state index in [1.165, 1.54) is 0 Å². The first-order valence-corrected chi connectivity index (χ1v) is 6.16. The average Bonchev–Trinajstić information content (AvgIpc) is 2.59. The van der Waals surface area contributed by atoms with Crippen LogP contribution in [0.3, 0.4) is 0 Å². The quantitative estimate of drug-likeness (QED) is 0.693. The molecule has 0 aromatic carbocycles. The van der Waals surface area contributed by atoms with Crippen molar-refractivity contribution < 1.29 is 4.79 Å². The molecule has 1 aromatic heterocycles.